The van der Waals surface area contributed by atoms with Crippen molar-refractivity contribution in [2.45, 2.75) is 13.3 Å². The van der Waals surface area contributed by atoms with Gasteiger partial charge in [-0.15, -0.1) is 0 Å². The molecule has 0 atom stereocenters. The minimum Gasteiger partial charge on any atom is -0.416 e. The molecule has 0 saturated heterocycles. The molecule has 1 aromatic rings. The number of hydrogen-bond donors (Lipinski definition) is 1. The lowest BCUT2D eigenvalue weighted by Gasteiger charge is -2.15. The summed E-state index contributed by atoms with van der Waals surface area (Å²) in [5.74, 6) is 0.695. The molecule has 5 nitrogen and oxygen atoms in total. The predicted molar refractivity (Wildman–Crippen MR) is 69.8 cm³/mol. The molecule has 0 saturated carbocycles. The third kappa shape index (κ3) is 3.31. The highest BCUT2D eigenvalue weighted by molar-refractivity contribution is 6.34. The van der Waals surface area contributed by atoms with Gasteiger partial charge in [0.25, 0.3) is 0 Å². The lowest BCUT2D eigenvalue weighted by Crippen LogP contribution is -2.12. The Kier molecular flexibility index (Phi) is 5.18. The third-order valence-corrected chi connectivity index (χ3v) is 2.55. The van der Waals surface area contributed by atoms with E-state index in [9.17, 15) is 0 Å². The van der Waals surface area contributed by atoms with Gasteiger partial charge in [-0.3, -0.25) is 0 Å². The number of nitrogens with one attached hydrogen (secondary N) is 1. The molecule has 0 amide bonds. The van der Waals surface area contributed by atoms with Crippen molar-refractivity contribution in [2.24, 2.45) is 0 Å². The van der Waals surface area contributed by atoms with Crippen LogP contribution in [0.15, 0.2) is 12.6 Å². The van der Waals surface area contributed by atoms with E-state index in [4.69, 9.17) is 16.4 Å². The van der Waals surface area contributed by atoms with Crippen LogP contribution in [-0.4, -0.2) is 31.1 Å². The van der Waals surface area contributed by atoms with Crippen LogP contribution in [0, 0.1) is 0 Å². The Morgan fingerprint density at radius 1 is 1.53 bits per heavy atom. The third-order valence-electron chi connectivity index (χ3n) is 2.20. The molecule has 0 aliphatic heterocycles. The normalized spacial score (nSPS) is 11.5. The van der Waals surface area contributed by atoms with Gasteiger partial charge in [0, 0.05) is 26.7 Å². The molecule has 0 aromatic carbocycles. The summed E-state index contributed by atoms with van der Waals surface area (Å²) in [6.45, 7) is 2.01. The maximum atomic E-state index is 6.27. The van der Waals surface area contributed by atoms with Crippen LogP contribution in [-0.2, 0) is 4.84 Å². The second-order valence-electron chi connectivity index (χ2n) is 3.57. The van der Waals surface area contributed by atoms with E-state index in [1.807, 2.05) is 25.9 Å². The molecule has 0 bridgehead atoms. The number of allylic oxidation sites excluding steroid dienone is 1. The molecule has 1 rings (SSSR count). The molecular weight excluding hydrogens is 240 g/mol. The molecule has 17 heavy (non-hydrogen) atoms. The lowest BCUT2D eigenvalue weighted by atomic mass is 10.1. The van der Waals surface area contributed by atoms with Crippen molar-refractivity contribution >= 4 is 23.0 Å². The number of nitrogens with zero attached hydrogens (tertiary/aromatic N) is 3. The van der Waals surface area contributed by atoms with Crippen molar-refractivity contribution in [1.29, 1.82) is 0 Å². The zero-order valence-corrected chi connectivity index (χ0v) is 11.2. The van der Waals surface area contributed by atoms with E-state index in [0.717, 1.165) is 12.0 Å². The fourth-order valence-corrected chi connectivity index (χ4v) is 1.72. The van der Waals surface area contributed by atoms with Crippen LogP contribution >= 0.6 is 11.6 Å². The first-order valence-electron chi connectivity index (χ1n) is 5.31. The molecule has 0 spiro atoms. The fraction of sp³-hybridized carbons (Fsp3) is 0.455. The van der Waals surface area contributed by atoms with Crippen molar-refractivity contribution in [3.63, 3.8) is 0 Å². The quantitative estimate of drug-likeness (QED) is 0.646. The molecule has 0 aliphatic rings. The number of rotatable bonds is 5. The smallest absolute Gasteiger partial charge is 0.150 e. The van der Waals surface area contributed by atoms with Crippen LogP contribution in [0.2, 0.25) is 5.02 Å². The molecule has 0 aliphatic carbocycles. The average molecular weight is 257 g/mol. The first-order valence-corrected chi connectivity index (χ1v) is 5.69. The van der Waals surface area contributed by atoms with Gasteiger partial charge in [0.2, 0.25) is 0 Å². The summed E-state index contributed by atoms with van der Waals surface area (Å²) in [5.41, 5.74) is 4.20. The van der Waals surface area contributed by atoms with Crippen LogP contribution in [0.25, 0.3) is 5.57 Å². The summed E-state index contributed by atoms with van der Waals surface area (Å²) in [6, 6.07) is 0. The molecule has 6 heteroatoms. The summed E-state index contributed by atoms with van der Waals surface area (Å²) < 4.78 is 0. The highest BCUT2D eigenvalue weighted by Gasteiger charge is 2.13. The Balaban J connectivity index is 3.16. The van der Waals surface area contributed by atoms with Gasteiger partial charge < -0.3 is 9.74 Å². The van der Waals surface area contributed by atoms with Crippen molar-refractivity contribution in [2.75, 3.05) is 26.0 Å². The second kappa shape index (κ2) is 6.42. The molecule has 1 aromatic heterocycles. The van der Waals surface area contributed by atoms with Gasteiger partial charge in [-0.1, -0.05) is 18.5 Å². The van der Waals surface area contributed by atoms with E-state index in [1.54, 1.807) is 13.3 Å². The molecular formula is C11H17ClN4O. The minimum atomic E-state index is 0.533. The summed E-state index contributed by atoms with van der Waals surface area (Å²) in [7, 11) is 5.46. The predicted octanol–water partition coefficient (Wildman–Crippen LogP) is 2.10. The summed E-state index contributed by atoms with van der Waals surface area (Å²) in [5, 5.41) is 0.533. The molecule has 0 radical (unpaired) electrons. The number of hydrogen-bond acceptors (Lipinski definition) is 5. The van der Waals surface area contributed by atoms with Gasteiger partial charge in [0.15, 0.2) is 5.82 Å². The highest BCUT2D eigenvalue weighted by Crippen LogP contribution is 2.29. The van der Waals surface area contributed by atoms with Gasteiger partial charge in [-0.2, -0.15) is 5.48 Å². The van der Waals surface area contributed by atoms with E-state index in [0.29, 0.717) is 16.5 Å². The zero-order valence-electron chi connectivity index (χ0n) is 10.5. The highest BCUT2D eigenvalue weighted by atomic mass is 35.5. The van der Waals surface area contributed by atoms with Crippen LogP contribution in [0.1, 0.15) is 19.0 Å². The van der Waals surface area contributed by atoms with Gasteiger partial charge >= 0.3 is 0 Å². The van der Waals surface area contributed by atoms with Crippen LogP contribution in [0.3, 0.4) is 0 Å². The Morgan fingerprint density at radius 3 is 2.76 bits per heavy atom. The maximum Gasteiger partial charge on any atom is 0.150 e. The maximum absolute atomic E-state index is 6.27. The second-order valence-corrected chi connectivity index (χ2v) is 3.95. The number of hydroxylamine groups is 1. The monoisotopic (exact) mass is 256 g/mol. The topological polar surface area (TPSA) is 50.3 Å². The molecule has 0 fully saturated rings. The van der Waals surface area contributed by atoms with Crippen molar-refractivity contribution in [3.05, 3.63) is 23.3 Å². The van der Waals surface area contributed by atoms with Crippen molar-refractivity contribution in [3.8, 4) is 0 Å². The Bertz CT molecular complexity index is 406. The first kappa shape index (κ1) is 13.7. The summed E-state index contributed by atoms with van der Waals surface area (Å²) in [4.78, 5) is 15.2. The molecule has 0 unspecified atom stereocenters. The zero-order chi connectivity index (χ0) is 12.8. The average Bonchev–Trinajstić information content (AvgIpc) is 2.31. The van der Waals surface area contributed by atoms with Gasteiger partial charge in [0.05, 0.1) is 5.69 Å². The summed E-state index contributed by atoms with van der Waals surface area (Å²) in [6.07, 6.45) is 3.87. The lowest BCUT2D eigenvalue weighted by molar-refractivity contribution is 0.159. The van der Waals surface area contributed by atoms with E-state index < -0.39 is 0 Å². The Labute approximate surface area is 106 Å². The number of anilines is 1. The van der Waals surface area contributed by atoms with Crippen LogP contribution in [0.4, 0.5) is 5.82 Å². The van der Waals surface area contributed by atoms with Gasteiger partial charge in [-0.05, 0) is 6.42 Å². The van der Waals surface area contributed by atoms with Crippen molar-refractivity contribution < 1.29 is 4.84 Å². The fourth-order valence-electron chi connectivity index (χ4n) is 1.33. The number of halogens is 1. The van der Waals surface area contributed by atoms with Crippen LogP contribution in [0.5, 0.6) is 0 Å². The van der Waals surface area contributed by atoms with E-state index in [1.165, 1.54) is 6.33 Å². The number of aromatic nitrogens is 2. The molecule has 94 valence electrons. The van der Waals surface area contributed by atoms with Gasteiger partial charge in [0.1, 0.15) is 17.6 Å². The molecule has 1 heterocycles. The first-order chi connectivity index (χ1) is 8.11. The summed E-state index contributed by atoms with van der Waals surface area (Å²) >= 11 is 6.27. The van der Waals surface area contributed by atoms with Gasteiger partial charge in [-0.25, -0.2) is 9.97 Å². The van der Waals surface area contributed by atoms with Crippen LogP contribution < -0.4 is 10.4 Å². The standard InChI is InChI=1S/C11H17ClN4O/c1-5-8(6-17-13-2)10-9(12)11(16(3)4)15-7-14-10/h6-7,13H,5H2,1-4H3/b8-6+. The Morgan fingerprint density at radius 2 is 2.24 bits per heavy atom. The molecule has 1 N–H and O–H groups in total. The Hall–Kier alpha value is -1.33. The van der Waals surface area contributed by atoms with Crippen molar-refractivity contribution in [1.82, 2.24) is 15.4 Å². The minimum absolute atomic E-state index is 0.533. The SMILES string of the molecule is CC/C(=C\ONC)c1ncnc(N(C)C)c1Cl. The van der Waals surface area contributed by atoms with E-state index in [-0.39, 0.29) is 0 Å². The van der Waals surface area contributed by atoms with E-state index >= 15 is 0 Å². The largest absolute Gasteiger partial charge is 0.416 e. The van der Waals surface area contributed by atoms with E-state index in [2.05, 4.69) is 15.4 Å².